The van der Waals surface area contributed by atoms with Crippen LogP contribution in [0.4, 0.5) is 0 Å². The molecule has 0 bridgehead atoms. The summed E-state index contributed by atoms with van der Waals surface area (Å²) in [6.07, 6.45) is 2.04. The van der Waals surface area contributed by atoms with E-state index in [2.05, 4.69) is 0 Å². The zero-order valence-corrected chi connectivity index (χ0v) is 10.7. The summed E-state index contributed by atoms with van der Waals surface area (Å²) in [5.74, 6) is 1.23. The minimum absolute atomic E-state index is 0.0509. The van der Waals surface area contributed by atoms with Crippen molar-refractivity contribution in [3.8, 4) is 5.75 Å². The zero-order valence-electron chi connectivity index (χ0n) is 9.11. The first-order valence-corrected chi connectivity index (χ1v) is 6.67. The van der Waals surface area contributed by atoms with E-state index < -0.39 is 0 Å². The third kappa shape index (κ3) is 2.04. The van der Waals surface area contributed by atoms with Crippen LogP contribution >= 0.6 is 22.9 Å². The molecular formula is C11H14ClNO2S. The van der Waals surface area contributed by atoms with Crippen LogP contribution < -0.4 is 4.74 Å². The van der Waals surface area contributed by atoms with Gasteiger partial charge in [0.2, 0.25) is 0 Å². The molecule has 0 N–H and O–H groups in total. The van der Waals surface area contributed by atoms with Crippen molar-refractivity contribution >= 4 is 28.8 Å². The molecule has 1 aromatic rings. The van der Waals surface area contributed by atoms with Gasteiger partial charge in [0.1, 0.15) is 10.6 Å². The lowest BCUT2D eigenvalue weighted by molar-refractivity contribution is 0.0751. The lowest BCUT2D eigenvalue weighted by Crippen LogP contribution is -2.36. The van der Waals surface area contributed by atoms with Crippen LogP contribution in [0.1, 0.15) is 22.5 Å². The minimum atomic E-state index is 0.0509. The number of nitrogens with zero attached hydrogens (tertiary/aromatic N) is 1. The van der Waals surface area contributed by atoms with Crippen LogP contribution in [0.5, 0.6) is 5.75 Å². The number of likely N-dealkylation sites (tertiary alicyclic amines) is 1. The lowest BCUT2D eigenvalue weighted by atomic mass is 10.2. The Kier molecular flexibility index (Phi) is 3.71. The van der Waals surface area contributed by atoms with Crippen molar-refractivity contribution in [3.63, 3.8) is 0 Å². The quantitative estimate of drug-likeness (QED) is 0.781. The van der Waals surface area contributed by atoms with Gasteiger partial charge in [-0.25, -0.2) is 0 Å². The Hall–Kier alpha value is -0.740. The summed E-state index contributed by atoms with van der Waals surface area (Å²) in [5.41, 5.74) is 0. The number of halogens is 1. The van der Waals surface area contributed by atoms with Gasteiger partial charge in [-0.05, 0) is 24.3 Å². The van der Waals surface area contributed by atoms with Gasteiger partial charge in [0.15, 0.2) is 0 Å². The molecule has 2 rings (SSSR count). The number of methoxy groups -OCH3 is 1. The number of rotatable bonds is 3. The Morgan fingerprint density at radius 1 is 1.75 bits per heavy atom. The second kappa shape index (κ2) is 5.06. The van der Waals surface area contributed by atoms with E-state index in [4.69, 9.17) is 16.3 Å². The van der Waals surface area contributed by atoms with Crippen LogP contribution in [-0.4, -0.2) is 36.4 Å². The summed E-state index contributed by atoms with van der Waals surface area (Å²) >= 11 is 7.28. The van der Waals surface area contributed by atoms with Gasteiger partial charge in [-0.15, -0.1) is 22.9 Å². The molecule has 2 heterocycles. The molecule has 1 saturated heterocycles. The SMILES string of the molecule is COc1ccsc1C(=O)N1CCCC1CCl. The molecule has 0 saturated carbocycles. The predicted molar refractivity (Wildman–Crippen MR) is 65.6 cm³/mol. The van der Waals surface area contributed by atoms with Crippen molar-refractivity contribution in [2.24, 2.45) is 0 Å². The van der Waals surface area contributed by atoms with Crippen LogP contribution in [0.15, 0.2) is 11.4 Å². The summed E-state index contributed by atoms with van der Waals surface area (Å²) in [6, 6.07) is 2.00. The fraction of sp³-hybridized carbons (Fsp3) is 0.545. The van der Waals surface area contributed by atoms with E-state index in [9.17, 15) is 4.79 Å². The van der Waals surface area contributed by atoms with Crippen molar-refractivity contribution in [3.05, 3.63) is 16.3 Å². The maximum absolute atomic E-state index is 12.3. The molecule has 3 nitrogen and oxygen atoms in total. The molecule has 0 radical (unpaired) electrons. The molecule has 0 aliphatic carbocycles. The molecule has 0 aromatic carbocycles. The molecular weight excluding hydrogens is 246 g/mol. The predicted octanol–water partition coefficient (Wildman–Crippen LogP) is 2.60. The van der Waals surface area contributed by atoms with Crippen molar-refractivity contribution < 1.29 is 9.53 Å². The summed E-state index contributed by atoms with van der Waals surface area (Å²) in [4.78, 5) is 14.8. The lowest BCUT2D eigenvalue weighted by Gasteiger charge is -2.22. The Morgan fingerprint density at radius 2 is 2.56 bits per heavy atom. The topological polar surface area (TPSA) is 29.5 Å². The molecule has 16 heavy (non-hydrogen) atoms. The number of carbonyl (C=O) groups excluding carboxylic acids is 1. The number of amides is 1. The van der Waals surface area contributed by atoms with E-state index in [0.717, 1.165) is 19.4 Å². The number of ether oxygens (including phenoxy) is 1. The molecule has 1 fully saturated rings. The monoisotopic (exact) mass is 259 g/mol. The first-order chi connectivity index (χ1) is 7.77. The molecule has 1 amide bonds. The first-order valence-electron chi connectivity index (χ1n) is 5.26. The van der Waals surface area contributed by atoms with Crippen molar-refractivity contribution in [2.75, 3.05) is 19.5 Å². The Labute approximate surface area is 104 Å². The van der Waals surface area contributed by atoms with Crippen molar-refractivity contribution in [1.29, 1.82) is 0 Å². The molecule has 88 valence electrons. The van der Waals surface area contributed by atoms with Crippen LogP contribution in [0.2, 0.25) is 0 Å². The van der Waals surface area contributed by atoms with Crippen LogP contribution in [0.25, 0.3) is 0 Å². The smallest absolute Gasteiger partial charge is 0.268 e. The van der Waals surface area contributed by atoms with Gasteiger partial charge in [0, 0.05) is 18.5 Å². The number of hydrogen-bond acceptors (Lipinski definition) is 3. The minimum Gasteiger partial charge on any atom is -0.495 e. The van der Waals surface area contributed by atoms with Crippen LogP contribution in [0.3, 0.4) is 0 Å². The van der Waals surface area contributed by atoms with Gasteiger partial charge in [-0.3, -0.25) is 4.79 Å². The summed E-state index contributed by atoms with van der Waals surface area (Å²) < 4.78 is 5.16. The Balaban J connectivity index is 2.18. The molecule has 1 aliphatic heterocycles. The summed E-state index contributed by atoms with van der Waals surface area (Å²) in [7, 11) is 1.59. The highest BCUT2D eigenvalue weighted by molar-refractivity contribution is 7.12. The van der Waals surface area contributed by atoms with E-state index >= 15 is 0 Å². The standard InChI is InChI=1S/C11H14ClNO2S/c1-15-9-4-6-16-10(9)11(14)13-5-2-3-8(13)7-12/h4,6,8H,2-3,5,7H2,1H3. The second-order valence-electron chi connectivity index (χ2n) is 3.77. The van der Waals surface area contributed by atoms with Crippen LogP contribution in [-0.2, 0) is 0 Å². The zero-order chi connectivity index (χ0) is 11.5. The van der Waals surface area contributed by atoms with Crippen LogP contribution in [0, 0.1) is 0 Å². The fourth-order valence-electron chi connectivity index (χ4n) is 2.01. The normalized spacial score (nSPS) is 20.1. The first kappa shape index (κ1) is 11.7. The Bertz CT molecular complexity index is 380. The van der Waals surface area contributed by atoms with E-state index in [0.29, 0.717) is 16.5 Å². The summed E-state index contributed by atoms with van der Waals surface area (Å²) in [6.45, 7) is 0.803. The highest BCUT2D eigenvalue weighted by Gasteiger charge is 2.30. The van der Waals surface area contributed by atoms with Gasteiger partial charge in [0.25, 0.3) is 5.91 Å². The van der Waals surface area contributed by atoms with Gasteiger partial charge >= 0.3 is 0 Å². The van der Waals surface area contributed by atoms with Crippen molar-refractivity contribution in [2.45, 2.75) is 18.9 Å². The summed E-state index contributed by atoms with van der Waals surface area (Å²) in [5, 5.41) is 1.87. The van der Waals surface area contributed by atoms with E-state index in [1.54, 1.807) is 7.11 Å². The number of thiophene rings is 1. The number of hydrogen-bond donors (Lipinski definition) is 0. The average molecular weight is 260 g/mol. The molecule has 1 unspecified atom stereocenters. The highest BCUT2D eigenvalue weighted by atomic mass is 35.5. The maximum atomic E-state index is 12.3. The molecule has 1 aromatic heterocycles. The third-order valence-electron chi connectivity index (χ3n) is 2.86. The van der Waals surface area contributed by atoms with E-state index in [1.165, 1.54) is 11.3 Å². The second-order valence-corrected chi connectivity index (χ2v) is 4.99. The Morgan fingerprint density at radius 3 is 3.25 bits per heavy atom. The number of alkyl halides is 1. The molecule has 5 heteroatoms. The molecule has 0 spiro atoms. The van der Waals surface area contributed by atoms with E-state index in [-0.39, 0.29) is 11.9 Å². The van der Waals surface area contributed by atoms with E-state index in [1.807, 2.05) is 16.3 Å². The van der Waals surface area contributed by atoms with Gasteiger partial charge in [0.05, 0.1) is 7.11 Å². The highest BCUT2D eigenvalue weighted by Crippen LogP contribution is 2.29. The average Bonchev–Trinajstić information content (AvgIpc) is 2.96. The van der Waals surface area contributed by atoms with Gasteiger partial charge in [-0.1, -0.05) is 0 Å². The van der Waals surface area contributed by atoms with Gasteiger partial charge in [-0.2, -0.15) is 0 Å². The molecule has 1 aliphatic rings. The van der Waals surface area contributed by atoms with Gasteiger partial charge < -0.3 is 9.64 Å². The number of carbonyl (C=O) groups is 1. The largest absolute Gasteiger partial charge is 0.495 e. The fourth-order valence-corrected chi connectivity index (χ4v) is 3.14. The third-order valence-corrected chi connectivity index (χ3v) is 4.10. The molecule has 1 atom stereocenters. The maximum Gasteiger partial charge on any atom is 0.268 e. The van der Waals surface area contributed by atoms with Crippen molar-refractivity contribution in [1.82, 2.24) is 4.90 Å².